The monoisotopic (exact) mass is 317 g/mol. The van der Waals surface area contributed by atoms with E-state index in [0.29, 0.717) is 19.8 Å². The highest BCUT2D eigenvalue weighted by Gasteiger charge is 2.30. The van der Waals surface area contributed by atoms with Crippen molar-refractivity contribution in [2.24, 2.45) is 5.92 Å². The van der Waals surface area contributed by atoms with Crippen molar-refractivity contribution in [3.05, 3.63) is 22.8 Å². The Bertz CT molecular complexity index is 590. The lowest BCUT2D eigenvalue weighted by molar-refractivity contribution is -0.137. The van der Waals surface area contributed by atoms with Gasteiger partial charge >= 0.3 is 0 Å². The third-order valence-electron chi connectivity index (χ3n) is 5.10. The zero-order valence-corrected chi connectivity index (χ0v) is 13.6. The SMILES string of the molecule is CN(Cc1c2c(cc3c1OCC3)OCC2)C(=O)C1CCOCC1. The molecular formula is C18H23NO4. The first-order chi connectivity index (χ1) is 11.2. The second-order valence-corrected chi connectivity index (χ2v) is 6.60. The summed E-state index contributed by atoms with van der Waals surface area (Å²) in [5.41, 5.74) is 3.58. The fourth-order valence-electron chi connectivity index (χ4n) is 3.82. The molecule has 0 aliphatic carbocycles. The highest BCUT2D eigenvalue weighted by Crippen LogP contribution is 2.41. The molecule has 0 bridgehead atoms. The maximum atomic E-state index is 12.7. The minimum atomic E-state index is 0.0933. The summed E-state index contributed by atoms with van der Waals surface area (Å²) in [6.45, 7) is 3.44. The normalized spacial score (nSPS) is 19.7. The van der Waals surface area contributed by atoms with E-state index in [0.717, 1.165) is 56.0 Å². The zero-order chi connectivity index (χ0) is 15.8. The van der Waals surface area contributed by atoms with Gasteiger partial charge in [-0.25, -0.2) is 0 Å². The fourth-order valence-corrected chi connectivity index (χ4v) is 3.82. The first-order valence-electron chi connectivity index (χ1n) is 8.50. The van der Waals surface area contributed by atoms with E-state index in [-0.39, 0.29) is 11.8 Å². The number of carbonyl (C=O) groups is 1. The van der Waals surface area contributed by atoms with Crippen molar-refractivity contribution >= 4 is 5.91 Å². The van der Waals surface area contributed by atoms with Gasteiger partial charge in [0.15, 0.2) is 0 Å². The van der Waals surface area contributed by atoms with E-state index in [9.17, 15) is 4.79 Å². The standard InChI is InChI=1S/C18H23NO4/c1-19(18(20)12-2-6-21-7-3-12)11-15-14-5-9-22-16(14)10-13-4-8-23-17(13)15/h10,12H,2-9,11H2,1H3. The van der Waals surface area contributed by atoms with E-state index in [1.165, 1.54) is 11.1 Å². The fraction of sp³-hybridized carbons (Fsp3) is 0.611. The van der Waals surface area contributed by atoms with Crippen LogP contribution in [0.2, 0.25) is 0 Å². The number of rotatable bonds is 3. The van der Waals surface area contributed by atoms with Crippen molar-refractivity contribution in [3.8, 4) is 11.5 Å². The van der Waals surface area contributed by atoms with Crippen molar-refractivity contribution in [2.45, 2.75) is 32.2 Å². The molecule has 1 aromatic carbocycles. The molecule has 0 unspecified atom stereocenters. The molecule has 1 fully saturated rings. The first-order valence-corrected chi connectivity index (χ1v) is 8.50. The zero-order valence-electron chi connectivity index (χ0n) is 13.6. The Kier molecular flexibility index (Phi) is 3.89. The number of amides is 1. The molecule has 0 N–H and O–H groups in total. The van der Waals surface area contributed by atoms with Gasteiger partial charge in [-0.1, -0.05) is 0 Å². The van der Waals surface area contributed by atoms with Crippen LogP contribution in [-0.4, -0.2) is 44.3 Å². The molecule has 1 saturated heterocycles. The van der Waals surface area contributed by atoms with Gasteiger partial charge < -0.3 is 19.1 Å². The minimum absolute atomic E-state index is 0.0933. The van der Waals surface area contributed by atoms with Crippen LogP contribution in [0.3, 0.4) is 0 Å². The Morgan fingerprint density at radius 2 is 1.96 bits per heavy atom. The number of benzene rings is 1. The number of fused-ring (bicyclic) bond motifs is 2. The number of hydrogen-bond donors (Lipinski definition) is 0. The van der Waals surface area contributed by atoms with Crippen molar-refractivity contribution in [1.82, 2.24) is 4.90 Å². The van der Waals surface area contributed by atoms with Crippen LogP contribution < -0.4 is 9.47 Å². The van der Waals surface area contributed by atoms with Crippen LogP contribution in [0.1, 0.15) is 29.5 Å². The molecular weight excluding hydrogens is 294 g/mol. The first kappa shape index (κ1) is 14.8. The van der Waals surface area contributed by atoms with E-state index >= 15 is 0 Å². The third-order valence-corrected chi connectivity index (χ3v) is 5.10. The minimum Gasteiger partial charge on any atom is -0.493 e. The van der Waals surface area contributed by atoms with Crippen LogP contribution in [0.25, 0.3) is 0 Å². The average Bonchev–Trinajstić information content (AvgIpc) is 3.23. The Morgan fingerprint density at radius 3 is 2.78 bits per heavy atom. The van der Waals surface area contributed by atoms with Crippen LogP contribution >= 0.6 is 0 Å². The molecule has 3 heterocycles. The predicted molar refractivity (Wildman–Crippen MR) is 84.9 cm³/mol. The molecule has 0 saturated carbocycles. The van der Waals surface area contributed by atoms with Crippen LogP contribution in [0.15, 0.2) is 6.07 Å². The Labute approximate surface area is 136 Å². The maximum absolute atomic E-state index is 12.7. The molecule has 0 atom stereocenters. The summed E-state index contributed by atoms with van der Waals surface area (Å²) in [6, 6.07) is 2.12. The summed E-state index contributed by atoms with van der Waals surface area (Å²) >= 11 is 0. The number of ether oxygens (including phenoxy) is 3. The molecule has 1 amide bonds. The second-order valence-electron chi connectivity index (χ2n) is 6.60. The summed E-state index contributed by atoms with van der Waals surface area (Å²) in [7, 11) is 1.90. The quantitative estimate of drug-likeness (QED) is 0.855. The molecule has 3 aliphatic heterocycles. The van der Waals surface area contributed by atoms with E-state index in [1.54, 1.807) is 0 Å². The lowest BCUT2D eigenvalue weighted by Crippen LogP contribution is -2.35. The van der Waals surface area contributed by atoms with Crippen molar-refractivity contribution in [2.75, 3.05) is 33.5 Å². The van der Waals surface area contributed by atoms with E-state index in [2.05, 4.69) is 6.07 Å². The molecule has 1 aromatic rings. The van der Waals surface area contributed by atoms with Gasteiger partial charge in [0.1, 0.15) is 11.5 Å². The smallest absolute Gasteiger partial charge is 0.225 e. The molecule has 23 heavy (non-hydrogen) atoms. The molecule has 4 rings (SSSR count). The van der Waals surface area contributed by atoms with Crippen LogP contribution in [0, 0.1) is 5.92 Å². The highest BCUT2D eigenvalue weighted by atomic mass is 16.5. The Balaban J connectivity index is 1.57. The molecule has 0 aromatic heterocycles. The van der Waals surface area contributed by atoms with E-state index < -0.39 is 0 Å². The summed E-state index contributed by atoms with van der Waals surface area (Å²) in [4.78, 5) is 14.6. The number of carbonyl (C=O) groups excluding carboxylic acids is 1. The second kappa shape index (κ2) is 6.04. The van der Waals surface area contributed by atoms with Gasteiger partial charge in [-0.15, -0.1) is 0 Å². The van der Waals surface area contributed by atoms with Gasteiger partial charge in [-0.05, 0) is 18.9 Å². The van der Waals surface area contributed by atoms with Crippen molar-refractivity contribution in [3.63, 3.8) is 0 Å². The summed E-state index contributed by atoms with van der Waals surface area (Å²) in [5.74, 6) is 2.28. The van der Waals surface area contributed by atoms with Gasteiger partial charge in [0.25, 0.3) is 0 Å². The summed E-state index contributed by atoms with van der Waals surface area (Å²) in [6.07, 6.45) is 3.48. The molecule has 5 nitrogen and oxygen atoms in total. The van der Waals surface area contributed by atoms with Gasteiger partial charge in [-0.2, -0.15) is 0 Å². The lowest BCUT2D eigenvalue weighted by Gasteiger charge is -2.27. The van der Waals surface area contributed by atoms with Gasteiger partial charge in [0, 0.05) is 62.3 Å². The van der Waals surface area contributed by atoms with Crippen LogP contribution in [0.4, 0.5) is 0 Å². The Hall–Kier alpha value is -1.75. The number of hydrogen-bond acceptors (Lipinski definition) is 4. The van der Waals surface area contributed by atoms with E-state index in [1.807, 2.05) is 11.9 Å². The number of nitrogens with zero attached hydrogens (tertiary/aromatic N) is 1. The van der Waals surface area contributed by atoms with Crippen molar-refractivity contribution < 1.29 is 19.0 Å². The topological polar surface area (TPSA) is 48.0 Å². The maximum Gasteiger partial charge on any atom is 0.225 e. The van der Waals surface area contributed by atoms with Crippen LogP contribution in [-0.2, 0) is 28.9 Å². The molecule has 0 radical (unpaired) electrons. The van der Waals surface area contributed by atoms with Gasteiger partial charge in [0.05, 0.1) is 13.2 Å². The molecule has 0 spiro atoms. The average molecular weight is 317 g/mol. The Morgan fingerprint density at radius 1 is 1.17 bits per heavy atom. The van der Waals surface area contributed by atoms with Gasteiger partial charge in [-0.3, -0.25) is 4.79 Å². The third kappa shape index (κ3) is 2.67. The molecule has 3 aliphatic rings. The molecule has 5 heteroatoms. The lowest BCUT2D eigenvalue weighted by atomic mass is 9.96. The summed E-state index contributed by atoms with van der Waals surface area (Å²) in [5, 5.41) is 0. The van der Waals surface area contributed by atoms with E-state index in [4.69, 9.17) is 14.2 Å². The highest BCUT2D eigenvalue weighted by molar-refractivity contribution is 5.79. The van der Waals surface area contributed by atoms with Crippen molar-refractivity contribution in [1.29, 1.82) is 0 Å². The molecule has 124 valence electrons. The largest absolute Gasteiger partial charge is 0.493 e. The summed E-state index contributed by atoms with van der Waals surface area (Å²) < 4.78 is 17.0. The van der Waals surface area contributed by atoms with Gasteiger partial charge in [0.2, 0.25) is 5.91 Å². The van der Waals surface area contributed by atoms with Crippen LogP contribution in [0.5, 0.6) is 11.5 Å². The predicted octanol–water partition coefficient (Wildman–Crippen LogP) is 1.94.